The largest absolute Gasteiger partial charge is 0.461 e. The molecule has 0 aliphatic heterocycles. The van der Waals surface area contributed by atoms with Crippen molar-refractivity contribution >= 4 is 11.9 Å². The highest BCUT2D eigenvalue weighted by Gasteiger charge is 2.33. The summed E-state index contributed by atoms with van der Waals surface area (Å²) < 4.78 is 11.0. The molecule has 3 rings (SSSR count). The molecular weight excluding hydrogens is 500 g/mol. The van der Waals surface area contributed by atoms with E-state index < -0.39 is 0 Å². The summed E-state index contributed by atoms with van der Waals surface area (Å²) in [6.45, 7) is 9.08. The van der Waals surface area contributed by atoms with Crippen LogP contribution in [0.2, 0.25) is 0 Å². The maximum atomic E-state index is 12.5. The minimum absolute atomic E-state index is 0.112. The molecule has 0 radical (unpaired) electrons. The van der Waals surface area contributed by atoms with Gasteiger partial charge in [0.25, 0.3) is 0 Å². The molecule has 1 saturated carbocycles. The number of esters is 2. The summed E-state index contributed by atoms with van der Waals surface area (Å²) in [5.74, 6) is 1.02. The van der Waals surface area contributed by atoms with Gasteiger partial charge in [-0.25, -0.2) is 0 Å². The molecule has 0 heterocycles. The molecule has 0 amide bonds. The third-order valence-corrected chi connectivity index (χ3v) is 8.24. The lowest BCUT2D eigenvalue weighted by atomic mass is 9.79. The topological polar surface area (TPSA) is 72.8 Å². The zero-order valence-corrected chi connectivity index (χ0v) is 25.1. The number of hydrogen-bond acceptors (Lipinski definition) is 5. The van der Waals surface area contributed by atoms with Gasteiger partial charge in [0.1, 0.15) is 13.2 Å². The van der Waals surface area contributed by atoms with Gasteiger partial charge in [0.05, 0.1) is 18.9 Å². The van der Waals surface area contributed by atoms with Crippen LogP contribution in [0.3, 0.4) is 0 Å². The minimum atomic E-state index is -0.359. The molecule has 1 N–H and O–H groups in total. The molecule has 1 aliphatic rings. The van der Waals surface area contributed by atoms with Crippen LogP contribution in [0.4, 0.5) is 0 Å². The number of carbonyl (C=O) groups is 2. The van der Waals surface area contributed by atoms with Gasteiger partial charge in [0.15, 0.2) is 0 Å². The van der Waals surface area contributed by atoms with Gasteiger partial charge in [-0.1, -0.05) is 88.4 Å². The summed E-state index contributed by atoms with van der Waals surface area (Å²) in [6, 6.07) is 19.5. The minimum Gasteiger partial charge on any atom is -0.461 e. The molecule has 2 atom stereocenters. The molecule has 2 aromatic rings. The van der Waals surface area contributed by atoms with Gasteiger partial charge in [-0.05, 0) is 85.2 Å². The van der Waals surface area contributed by atoms with Gasteiger partial charge in [-0.15, -0.1) is 0 Å². The van der Waals surface area contributed by atoms with Crippen molar-refractivity contribution < 1.29 is 24.2 Å². The van der Waals surface area contributed by atoms with Crippen molar-refractivity contribution in [1.29, 1.82) is 0 Å². The Morgan fingerprint density at radius 3 is 1.62 bits per heavy atom. The molecule has 220 valence electrons. The van der Waals surface area contributed by atoms with E-state index in [4.69, 9.17) is 9.47 Å². The number of hydrogen-bond donors (Lipinski definition) is 1. The van der Waals surface area contributed by atoms with Crippen LogP contribution in [0, 0.1) is 22.7 Å². The number of rotatable bonds is 18. The molecule has 5 nitrogen and oxygen atoms in total. The average Bonchev–Trinajstić information content (AvgIpc) is 3.76. The van der Waals surface area contributed by atoms with E-state index in [1.807, 2.05) is 60.7 Å². The second-order valence-electron chi connectivity index (χ2n) is 13.4. The summed E-state index contributed by atoms with van der Waals surface area (Å²) in [7, 11) is 0. The smallest absolute Gasteiger partial charge is 0.306 e. The normalized spacial score (nSPS) is 15.3. The highest BCUT2D eigenvalue weighted by molar-refractivity contribution is 5.70. The van der Waals surface area contributed by atoms with Gasteiger partial charge in [-0.2, -0.15) is 0 Å². The van der Waals surface area contributed by atoms with Crippen LogP contribution in [0.25, 0.3) is 0 Å². The maximum Gasteiger partial charge on any atom is 0.306 e. The Labute approximate surface area is 241 Å². The average molecular weight is 551 g/mol. The Kier molecular flexibility index (Phi) is 12.2. The number of benzene rings is 2. The molecule has 0 bridgehead atoms. The zero-order valence-electron chi connectivity index (χ0n) is 25.1. The van der Waals surface area contributed by atoms with E-state index >= 15 is 0 Å². The van der Waals surface area contributed by atoms with Crippen molar-refractivity contribution in [3.63, 3.8) is 0 Å². The Morgan fingerprint density at radius 1 is 0.725 bits per heavy atom. The third-order valence-electron chi connectivity index (χ3n) is 8.24. The van der Waals surface area contributed by atoms with E-state index in [2.05, 4.69) is 27.7 Å². The Hall–Kier alpha value is -2.66. The first-order valence-electron chi connectivity index (χ1n) is 15.1. The second kappa shape index (κ2) is 15.4. The van der Waals surface area contributed by atoms with Gasteiger partial charge >= 0.3 is 11.9 Å². The van der Waals surface area contributed by atoms with Crippen LogP contribution in [0.15, 0.2) is 60.7 Å². The van der Waals surface area contributed by atoms with Gasteiger partial charge < -0.3 is 14.6 Å². The number of aliphatic hydroxyl groups excluding tert-OH is 1. The van der Waals surface area contributed by atoms with Crippen molar-refractivity contribution in [1.82, 2.24) is 0 Å². The van der Waals surface area contributed by atoms with Crippen LogP contribution >= 0.6 is 0 Å². The number of aliphatic hydroxyl groups is 1. The van der Waals surface area contributed by atoms with Crippen LogP contribution in [-0.4, -0.2) is 23.1 Å². The fourth-order valence-corrected chi connectivity index (χ4v) is 5.40. The fraction of sp³-hybridized carbons (Fsp3) is 0.600. The lowest BCUT2D eigenvalue weighted by Gasteiger charge is -2.28. The molecular formula is C35H50O5. The first-order valence-corrected chi connectivity index (χ1v) is 15.1. The Bertz CT molecular complexity index is 1030. The first kappa shape index (κ1) is 31.9. The highest BCUT2D eigenvalue weighted by atomic mass is 16.5. The molecule has 5 heteroatoms. The van der Waals surface area contributed by atoms with Gasteiger partial charge in [0, 0.05) is 0 Å². The summed E-state index contributed by atoms with van der Waals surface area (Å²) in [5.41, 5.74) is 1.66. The lowest BCUT2D eigenvalue weighted by Crippen LogP contribution is -2.22. The van der Waals surface area contributed by atoms with E-state index in [0.717, 1.165) is 49.1 Å². The second-order valence-corrected chi connectivity index (χ2v) is 13.4. The fourth-order valence-electron chi connectivity index (χ4n) is 5.40. The molecule has 2 aromatic carbocycles. The van der Waals surface area contributed by atoms with Crippen LogP contribution < -0.4 is 0 Å². The highest BCUT2D eigenvalue weighted by Crippen LogP contribution is 2.44. The summed E-state index contributed by atoms with van der Waals surface area (Å²) in [5, 5.41) is 10.8. The quantitative estimate of drug-likeness (QED) is 0.190. The standard InChI is InChI=1S/C35H50O5/c1-34(2,23-32(37)39-25-27-11-7-5-8-12-27)21-19-30(29-15-16-29)17-18-31(36)20-22-35(3,4)24-33(38)40-26-28-13-9-6-10-14-28/h5-14,29-31,36H,15-26H2,1-4H3. The molecule has 0 spiro atoms. The van der Waals surface area contributed by atoms with E-state index in [1.165, 1.54) is 12.8 Å². The molecule has 2 unspecified atom stereocenters. The molecule has 40 heavy (non-hydrogen) atoms. The van der Waals surface area contributed by atoms with E-state index in [1.54, 1.807) is 0 Å². The van der Waals surface area contributed by atoms with E-state index in [-0.39, 0.29) is 28.9 Å². The SMILES string of the molecule is CC(C)(CCC(O)CCC(CCC(C)(C)CC(=O)OCc1ccccc1)C1CC1)CC(=O)OCc1ccccc1. The molecule has 1 fully saturated rings. The Balaban J connectivity index is 1.34. The molecule has 0 saturated heterocycles. The third kappa shape index (κ3) is 12.7. The van der Waals surface area contributed by atoms with E-state index in [0.29, 0.717) is 38.4 Å². The summed E-state index contributed by atoms with van der Waals surface area (Å²) in [4.78, 5) is 24.9. The van der Waals surface area contributed by atoms with Crippen molar-refractivity contribution in [2.75, 3.05) is 0 Å². The predicted octanol–water partition coefficient (Wildman–Crippen LogP) is 8.03. The first-order chi connectivity index (χ1) is 19.0. The molecule has 1 aliphatic carbocycles. The number of ether oxygens (including phenoxy) is 2. The maximum absolute atomic E-state index is 12.5. The molecule has 0 aromatic heterocycles. The van der Waals surface area contributed by atoms with Crippen LogP contribution in [-0.2, 0) is 32.3 Å². The zero-order chi connectivity index (χ0) is 29.0. The van der Waals surface area contributed by atoms with Crippen LogP contribution in [0.5, 0.6) is 0 Å². The van der Waals surface area contributed by atoms with Gasteiger partial charge in [0.2, 0.25) is 0 Å². The van der Waals surface area contributed by atoms with Crippen molar-refractivity contribution in [3.05, 3.63) is 71.8 Å². The summed E-state index contributed by atoms with van der Waals surface area (Å²) in [6.07, 6.45) is 8.28. The van der Waals surface area contributed by atoms with Gasteiger partial charge in [-0.3, -0.25) is 9.59 Å². The van der Waals surface area contributed by atoms with Crippen molar-refractivity contribution in [3.8, 4) is 0 Å². The predicted molar refractivity (Wildman–Crippen MR) is 159 cm³/mol. The van der Waals surface area contributed by atoms with Crippen molar-refractivity contribution in [2.45, 2.75) is 111 Å². The van der Waals surface area contributed by atoms with Crippen LogP contribution in [0.1, 0.15) is 103 Å². The number of carbonyl (C=O) groups excluding carboxylic acids is 2. The monoisotopic (exact) mass is 550 g/mol. The van der Waals surface area contributed by atoms with Crippen molar-refractivity contribution in [2.24, 2.45) is 22.7 Å². The lowest BCUT2D eigenvalue weighted by molar-refractivity contribution is -0.148. The van der Waals surface area contributed by atoms with E-state index in [9.17, 15) is 14.7 Å². The summed E-state index contributed by atoms with van der Waals surface area (Å²) >= 11 is 0. The Morgan fingerprint density at radius 2 is 1.18 bits per heavy atom.